The minimum absolute atomic E-state index is 0.0757. The van der Waals surface area contributed by atoms with Crippen molar-refractivity contribution < 1.29 is 42.4 Å². The second kappa shape index (κ2) is 11.8. The zero-order valence-corrected chi connectivity index (χ0v) is 22.0. The summed E-state index contributed by atoms with van der Waals surface area (Å²) >= 11 is 3.16. The number of hydrogen-bond donors (Lipinski definition) is 2. The van der Waals surface area contributed by atoms with Gasteiger partial charge in [-0.05, 0) is 57.9 Å². The largest absolute Gasteiger partial charge is 0.476 e. The van der Waals surface area contributed by atoms with E-state index in [1.807, 2.05) is 0 Å². The SMILES string of the molecule is COC(=O)c1ccc(CN2C(=O)N/C(=C\c3cc(Br)c(OCC(=O)Nc4ccccc4F)c([N+](=O)[O-])c3)C2=O)o1. The van der Waals surface area contributed by atoms with E-state index in [0.717, 1.165) is 17.0 Å². The highest BCUT2D eigenvalue weighted by molar-refractivity contribution is 9.10. The number of nitrogens with zero attached hydrogens (tertiary/aromatic N) is 2. The highest BCUT2D eigenvalue weighted by atomic mass is 79.9. The number of nitro benzene ring substituents is 1. The number of methoxy groups -OCH3 is 1. The lowest BCUT2D eigenvalue weighted by molar-refractivity contribution is -0.385. The number of anilines is 1. The number of nitro groups is 1. The van der Waals surface area contributed by atoms with E-state index < -0.39 is 46.8 Å². The molecule has 0 unspecified atom stereocenters. The van der Waals surface area contributed by atoms with Crippen LogP contribution in [0.25, 0.3) is 6.08 Å². The second-order valence-corrected chi connectivity index (χ2v) is 8.92. The van der Waals surface area contributed by atoms with Crippen molar-refractivity contribution in [3.05, 3.63) is 91.7 Å². The van der Waals surface area contributed by atoms with Crippen molar-refractivity contribution in [3.8, 4) is 5.75 Å². The number of halogens is 2. The summed E-state index contributed by atoms with van der Waals surface area (Å²) in [6.07, 6.45) is 1.22. The molecule has 0 aliphatic carbocycles. The molecule has 0 spiro atoms. The third-order valence-electron chi connectivity index (χ3n) is 5.37. The second-order valence-electron chi connectivity index (χ2n) is 8.06. The van der Waals surface area contributed by atoms with E-state index in [1.165, 1.54) is 49.6 Å². The lowest BCUT2D eigenvalue weighted by Gasteiger charge is -2.11. The first kappa shape index (κ1) is 28.0. The molecular formula is C25H18BrFN4O9. The molecule has 40 heavy (non-hydrogen) atoms. The van der Waals surface area contributed by atoms with Crippen LogP contribution in [0.3, 0.4) is 0 Å². The van der Waals surface area contributed by atoms with Crippen LogP contribution < -0.4 is 15.4 Å². The zero-order valence-electron chi connectivity index (χ0n) is 20.4. The van der Waals surface area contributed by atoms with Crippen molar-refractivity contribution in [1.82, 2.24) is 10.2 Å². The number of furan rings is 1. The smallest absolute Gasteiger partial charge is 0.373 e. The van der Waals surface area contributed by atoms with Gasteiger partial charge in [0.1, 0.15) is 17.3 Å². The van der Waals surface area contributed by atoms with Gasteiger partial charge >= 0.3 is 17.7 Å². The average molecular weight is 617 g/mol. The molecule has 1 aliphatic rings. The van der Waals surface area contributed by atoms with Crippen molar-refractivity contribution in [3.63, 3.8) is 0 Å². The van der Waals surface area contributed by atoms with Gasteiger partial charge in [0, 0.05) is 6.07 Å². The van der Waals surface area contributed by atoms with Gasteiger partial charge in [-0.1, -0.05) is 12.1 Å². The molecule has 4 amide bonds. The molecule has 0 radical (unpaired) electrons. The van der Waals surface area contributed by atoms with Crippen molar-refractivity contribution >= 4 is 57.2 Å². The number of para-hydroxylation sites is 1. The number of carbonyl (C=O) groups is 4. The summed E-state index contributed by atoms with van der Waals surface area (Å²) in [5.74, 6) is -3.14. The molecule has 13 nitrogen and oxygen atoms in total. The van der Waals surface area contributed by atoms with Crippen LogP contribution in [-0.2, 0) is 20.9 Å². The number of hydrogen-bond acceptors (Lipinski definition) is 9. The topological polar surface area (TPSA) is 170 Å². The Balaban J connectivity index is 1.49. The van der Waals surface area contributed by atoms with Gasteiger partial charge in [-0.25, -0.2) is 14.0 Å². The summed E-state index contributed by atoms with van der Waals surface area (Å²) < 4.78 is 29.0. The summed E-state index contributed by atoms with van der Waals surface area (Å²) in [4.78, 5) is 60.8. The van der Waals surface area contributed by atoms with Gasteiger partial charge in [-0.15, -0.1) is 0 Å². The fraction of sp³-hybridized carbons (Fsp3) is 0.120. The maximum atomic E-state index is 13.8. The Kier molecular flexibility index (Phi) is 8.23. The quantitative estimate of drug-likeness (QED) is 0.119. The van der Waals surface area contributed by atoms with Gasteiger partial charge < -0.3 is 24.5 Å². The Morgan fingerprint density at radius 2 is 1.98 bits per heavy atom. The van der Waals surface area contributed by atoms with Crippen molar-refractivity contribution in [2.45, 2.75) is 6.54 Å². The number of amides is 4. The van der Waals surface area contributed by atoms with Gasteiger partial charge in [-0.3, -0.25) is 24.6 Å². The van der Waals surface area contributed by atoms with Gasteiger partial charge in [0.2, 0.25) is 11.5 Å². The third-order valence-corrected chi connectivity index (χ3v) is 5.96. The number of imide groups is 1. The van der Waals surface area contributed by atoms with Gasteiger partial charge in [0.15, 0.2) is 6.61 Å². The maximum Gasteiger partial charge on any atom is 0.373 e. The van der Waals surface area contributed by atoms with Crippen LogP contribution in [0.5, 0.6) is 5.75 Å². The van der Waals surface area contributed by atoms with E-state index in [9.17, 15) is 33.7 Å². The summed E-state index contributed by atoms with van der Waals surface area (Å²) in [5, 5.41) is 16.4. The molecule has 3 aromatic rings. The first-order chi connectivity index (χ1) is 19.1. The molecule has 206 valence electrons. The molecule has 1 aromatic heterocycles. The van der Waals surface area contributed by atoms with Gasteiger partial charge in [0.05, 0.1) is 28.7 Å². The maximum absolute atomic E-state index is 13.8. The minimum Gasteiger partial charge on any atom is -0.476 e. The number of esters is 1. The van der Waals surface area contributed by atoms with Crippen LogP contribution >= 0.6 is 15.9 Å². The Labute approximate surface area is 232 Å². The van der Waals surface area contributed by atoms with Crippen LogP contribution in [-0.4, -0.2) is 47.4 Å². The predicted octanol–water partition coefficient (Wildman–Crippen LogP) is 3.99. The summed E-state index contributed by atoms with van der Waals surface area (Å²) in [6, 6.07) is 9.88. The third kappa shape index (κ3) is 6.15. The average Bonchev–Trinajstić information content (AvgIpc) is 3.49. The van der Waals surface area contributed by atoms with Gasteiger partial charge in [0.25, 0.3) is 11.8 Å². The number of carbonyl (C=O) groups excluding carboxylic acids is 4. The van der Waals surface area contributed by atoms with Crippen LogP contribution in [0.2, 0.25) is 0 Å². The molecule has 4 rings (SSSR count). The zero-order chi connectivity index (χ0) is 29.0. The Morgan fingerprint density at radius 1 is 1.23 bits per heavy atom. The molecule has 2 N–H and O–H groups in total. The van der Waals surface area contributed by atoms with Gasteiger partial charge in [-0.2, -0.15) is 0 Å². The fourth-order valence-electron chi connectivity index (χ4n) is 3.56. The van der Waals surface area contributed by atoms with Crippen molar-refractivity contribution in [2.75, 3.05) is 19.0 Å². The van der Waals surface area contributed by atoms with E-state index in [0.29, 0.717) is 0 Å². The molecule has 1 saturated heterocycles. The Hall–Kier alpha value is -5.05. The number of rotatable bonds is 9. The number of benzene rings is 2. The van der Waals surface area contributed by atoms with Crippen molar-refractivity contribution in [2.24, 2.45) is 0 Å². The number of urea groups is 1. The lowest BCUT2D eigenvalue weighted by Crippen LogP contribution is -2.30. The number of nitrogens with one attached hydrogen (secondary N) is 2. The van der Waals surface area contributed by atoms with E-state index in [1.54, 1.807) is 0 Å². The molecular weight excluding hydrogens is 599 g/mol. The molecule has 1 aliphatic heterocycles. The molecule has 15 heteroatoms. The standard InChI is InChI=1S/C25H18BrFN4O9/c1-38-24(34)20-7-6-14(40-20)11-30-23(33)18(29-25(30)35)9-13-8-15(26)22(19(10-13)31(36)37)39-12-21(32)28-17-5-3-2-4-16(17)27/h2-10H,11-12H2,1H3,(H,28,32)(H,29,35)/b18-9-. The molecule has 0 saturated carbocycles. The minimum atomic E-state index is -0.776. The van der Waals surface area contributed by atoms with E-state index in [-0.39, 0.29) is 45.2 Å². The summed E-state index contributed by atoms with van der Waals surface area (Å²) in [5.41, 5.74) is -0.651. The fourth-order valence-corrected chi connectivity index (χ4v) is 4.14. The van der Waals surface area contributed by atoms with Crippen LogP contribution in [0, 0.1) is 15.9 Å². The lowest BCUT2D eigenvalue weighted by atomic mass is 10.1. The molecule has 1 fully saturated rings. The van der Waals surface area contributed by atoms with Crippen LogP contribution in [0.1, 0.15) is 21.9 Å². The highest BCUT2D eigenvalue weighted by Crippen LogP contribution is 2.37. The molecule has 2 heterocycles. The number of ether oxygens (including phenoxy) is 2. The summed E-state index contributed by atoms with van der Waals surface area (Å²) in [6.45, 7) is -0.952. The van der Waals surface area contributed by atoms with E-state index in [2.05, 4.69) is 31.3 Å². The van der Waals surface area contributed by atoms with Crippen LogP contribution in [0.15, 0.2) is 63.1 Å². The molecule has 2 aromatic carbocycles. The molecule has 0 bridgehead atoms. The first-order valence-electron chi connectivity index (χ1n) is 11.2. The Bertz CT molecular complexity index is 1570. The highest BCUT2D eigenvalue weighted by Gasteiger charge is 2.34. The predicted molar refractivity (Wildman–Crippen MR) is 138 cm³/mol. The Morgan fingerprint density at radius 3 is 2.67 bits per heavy atom. The normalized spacial score (nSPS) is 13.8. The van der Waals surface area contributed by atoms with E-state index >= 15 is 0 Å². The van der Waals surface area contributed by atoms with E-state index in [4.69, 9.17) is 9.15 Å². The first-order valence-corrected chi connectivity index (χ1v) is 12.0. The van der Waals surface area contributed by atoms with Crippen LogP contribution in [0.4, 0.5) is 20.6 Å². The molecule has 0 atom stereocenters. The van der Waals surface area contributed by atoms with Crippen molar-refractivity contribution in [1.29, 1.82) is 0 Å². The monoisotopic (exact) mass is 616 g/mol. The summed E-state index contributed by atoms with van der Waals surface area (Å²) in [7, 11) is 1.17.